The number of nitrogens with two attached hydrogens (primary N) is 1. The van der Waals surface area contributed by atoms with Crippen molar-refractivity contribution in [3.05, 3.63) is 21.8 Å². The number of ether oxygens (including phenoxy) is 1. The second-order valence-electron chi connectivity index (χ2n) is 6.48. The molecule has 0 bridgehead atoms. The van der Waals surface area contributed by atoms with Crippen LogP contribution in [0.1, 0.15) is 17.5 Å². The highest BCUT2D eigenvalue weighted by molar-refractivity contribution is 8.00. The van der Waals surface area contributed by atoms with Gasteiger partial charge < -0.3 is 25.7 Å². The van der Waals surface area contributed by atoms with Crippen LogP contribution in [0.15, 0.2) is 16.4 Å². The predicted octanol–water partition coefficient (Wildman–Crippen LogP) is -0.314. The summed E-state index contributed by atoms with van der Waals surface area (Å²) in [6, 6.07) is -0.972. The van der Waals surface area contributed by atoms with Crippen molar-refractivity contribution in [3.63, 3.8) is 0 Å². The maximum absolute atomic E-state index is 12.8. The van der Waals surface area contributed by atoms with E-state index in [4.69, 9.17) is 15.3 Å². The lowest BCUT2D eigenvalue weighted by molar-refractivity contribution is -0.150. The lowest BCUT2D eigenvalue weighted by Gasteiger charge is -2.49. The normalized spacial score (nSPS) is 20.7. The molecule has 0 spiro atoms. The zero-order valence-electron chi connectivity index (χ0n) is 16.7. The number of amides is 2. The summed E-state index contributed by atoms with van der Waals surface area (Å²) in [5.74, 6) is -2.97. The van der Waals surface area contributed by atoms with Crippen LogP contribution < -0.4 is 11.1 Å². The molecule has 2 atom stereocenters. The Morgan fingerprint density at radius 3 is 2.68 bits per heavy atom. The predicted molar refractivity (Wildman–Crippen MR) is 111 cm³/mol. The molecule has 0 aliphatic carbocycles. The molecule has 31 heavy (non-hydrogen) atoms. The Bertz CT molecular complexity index is 1020. The van der Waals surface area contributed by atoms with Gasteiger partial charge in [0.2, 0.25) is 0 Å². The molecule has 1 aromatic heterocycles. The van der Waals surface area contributed by atoms with Crippen LogP contribution in [0.3, 0.4) is 0 Å². The van der Waals surface area contributed by atoms with E-state index in [2.05, 4.69) is 15.5 Å². The van der Waals surface area contributed by atoms with E-state index >= 15 is 0 Å². The summed E-state index contributed by atoms with van der Waals surface area (Å²) in [5, 5.41) is 15.5. The van der Waals surface area contributed by atoms with Crippen LogP contribution in [-0.2, 0) is 28.8 Å². The number of hydrogen-bond donors (Lipinski definition) is 3. The van der Waals surface area contributed by atoms with Crippen LogP contribution in [0.5, 0.6) is 0 Å². The summed E-state index contributed by atoms with van der Waals surface area (Å²) in [6.45, 7) is 2.69. The Morgan fingerprint density at radius 1 is 1.42 bits per heavy atom. The smallest absolute Gasteiger partial charge is 0.352 e. The number of anilines is 1. The third-order valence-corrected chi connectivity index (χ3v) is 6.56. The lowest BCUT2D eigenvalue weighted by atomic mass is 10.0. The second kappa shape index (κ2) is 8.93. The van der Waals surface area contributed by atoms with E-state index in [1.807, 2.05) is 0 Å². The number of oxime groups is 1. The van der Waals surface area contributed by atoms with E-state index in [0.29, 0.717) is 10.5 Å². The molecule has 2 aliphatic heterocycles. The number of rotatable bonds is 7. The number of thiazole rings is 1. The quantitative estimate of drug-likeness (QED) is 0.208. The first-order valence-corrected chi connectivity index (χ1v) is 10.7. The maximum Gasteiger partial charge on any atom is 0.352 e. The number of thioether (sulfide) groups is 1. The van der Waals surface area contributed by atoms with Crippen LogP contribution in [0.25, 0.3) is 0 Å². The number of nitrogen functional groups attached to an aromatic ring is 1. The molecule has 1 aromatic rings. The molecule has 1 fully saturated rings. The molecular formula is C17H19N5O7S2. The molecule has 166 valence electrons. The largest absolute Gasteiger partial charge is 0.477 e. The third-order valence-electron chi connectivity index (χ3n) is 4.42. The number of nitrogens with one attached hydrogen (secondary N) is 1. The van der Waals surface area contributed by atoms with E-state index in [9.17, 15) is 24.3 Å². The molecule has 14 heteroatoms. The van der Waals surface area contributed by atoms with Crippen molar-refractivity contribution in [2.45, 2.75) is 25.3 Å². The maximum atomic E-state index is 12.8. The Kier molecular flexibility index (Phi) is 6.50. The first-order chi connectivity index (χ1) is 14.6. The van der Waals surface area contributed by atoms with Gasteiger partial charge in [0.1, 0.15) is 36.5 Å². The average Bonchev–Trinajstić information content (AvgIpc) is 3.04. The minimum Gasteiger partial charge on any atom is -0.477 e. The second-order valence-corrected chi connectivity index (χ2v) is 8.82. The number of carboxylic acid groups (broad SMARTS) is 1. The van der Waals surface area contributed by atoms with Crippen molar-refractivity contribution in [2.24, 2.45) is 5.16 Å². The first-order valence-electron chi connectivity index (χ1n) is 8.84. The fourth-order valence-corrected chi connectivity index (χ4v) is 5.13. The summed E-state index contributed by atoms with van der Waals surface area (Å²) in [5.41, 5.74) is 5.83. The highest BCUT2D eigenvalue weighted by atomic mass is 32.2. The summed E-state index contributed by atoms with van der Waals surface area (Å²) < 4.78 is 4.89. The third kappa shape index (κ3) is 4.34. The van der Waals surface area contributed by atoms with Gasteiger partial charge in [-0.3, -0.25) is 19.3 Å². The summed E-state index contributed by atoms with van der Waals surface area (Å²) in [7, 11) is 1.26. The highest BCUT2D eigenvalue weighted by Gasteiger charge is 2.54. The number of fused-ring (bicyclic) bond motifs is 1. The number of aliphatic carboxylic acids is 1. The summed E-state index contributed by atoms with van der Waals surface area (Å²) >= 11 is 2.42. The van der Waals surface area contributed by atoms with E-state index < -0.39 is 35.2 Å². The molecule has 0 radical (unpaired) electrons. The van der Waals surface area contributed by atoms with Gasteiger partial charge >= 0.3 is 11.9 Å². The number of esters is 1. The van der Waals surface area contributed by atoms with Gasteiger partial charge in [-0.1, -0.05) is 5.16 Å². The van der Waals surface area contributed by atoms with Crippen LogP contribution in [-0.4, -0.2) is 75.3 Å². The number of aromatic nitrogens is 1. The van der Waals surface area contributed by atoms with Gasteiger partial charge in [0.15, 0.2) is 10.8 Å². The zero-order chi connectivity index (χ0) is 22.9. The minimum atomic E-state index is -1.32. The Hall–Kier alpha value is -3.13. The van der Waals surface area contributed by atoms with Gasteiger partial charge in [0, 0.05) is 23.1 Å². The van der Waals surface area contributed by atoms with Crippen LogP contribution >= 0.6 is 23.1 Å². The molecule has 4 N–H and O–H groups in total. The molecule has 0 saturated carbocycles. The number of nitrogens with zero attached hydrogens (tertiary/aromatic N) is 3. The van der Waals surface area contributed by atoms with Gasteiger partial charge in [-0.2, -0.15) is 0 Å². The van der Waals surface area contributed by atoms with Gasteiger partial charge in [0.25, 0.3) is 11.8 Å². The summed E-state index contributed by atoms with van der Waals surface area (Å²) in [4.78, 5) is 58.9. The van der Waals surface area contributed by atoms with E-state index in [-0.39, 0.29) is 34.6 Å². The van der Waals surface area contributed by atoms with Crippen molar-refractivity contribution in [2.75, 3.05) is 25.2 Å². The lowest BCUT2D eigenvalue weighted by Crippen LogP contribution is -2.71. The number of aryl methyl sites for hydroxylation is 1. The fourth-order valence-electron chi connectivity index (χ4n) is 3.11. The number of carbonyl (C=O) groups is 4. The van der Waals surface area contributed by atoms with Crippen molar-refractivity contribution in [1.82, 2.24) is 15.2 Å². The van der Waals surface area contributed by atoms with E-state index in [1.54, 1.807) is 6.92 Å². The zero-order valence-corrected chi connectivity index (χ0v) is 18.3. The standard InChI is InChI=1S/C17H19N5O7S2/c1-6-9(20-17(18)31-6)10(21-28-3)13(24)19-11-14(25)22-12(16(26)27)8(4-29-7(2)23)5-30-15(11)22/h11,15H,4-5H2,1-3H3,(H2,18,20)(H,19,24)(H,26,27)/t11-,15-/m1/s1. The average molecular weight is 470 g/mol. The SMILES string of the molecule is CON=C(C(=O)N[C@@H]1C(=O)N2C(C(=O)O)=C(COC(C)=O)CS[C@H]12)c1nc(N)sc1C. The fraction of sp³-hybridized carbons (Fsp3) is 0.412. The Balaban J connectivity index is 1.79. The van der Waals surface area contributed by atoms with Crippen molar-refractivity contribution >= 4 is 57.7 Å². The van der Waals surface area contributed by atoms with Gasteiger partial charge in [0.05, 0.1) is 0 Å². The molecular weight excluding hydrogens is 450 g/mol. The highest BCUT2D eigenvalue weighted by Crippen LogP contribution is 2.40. The molecule has 2 aliphatic rings. The first kappa shape index (κ1) is 22.6. The Labute approximate surface area is 184 Å². The van der Waals surface area contributed by atoms with Crippen LogP contribution in [0, 0.1) is 6.92 Å². The minimum absolute atomic E-state index is 0.149. The van der Waals surface area contributed by atoms with E-state index in [0.717, 1.165) is 4.90 Å². The summed E-state index contributed by atoms with van der Waals surface area (Å²) in [6.07, 6.45) is 0. The van der Waals surface area contributed by atoms with Crippen molar-refractivity contribution in [1.29, 1.82) is 0 Å². The van der Waals surface area contributed by atoms with E-state index in [1.165, 1.54) is 37.1 Å². The molecule has 1 saturated heterocycles. The number of carboxylic acids is 1. The molecule has 0 aromatic carbocycles. The molecule has 0 unspecified atom stereocenters. The van der Waals surface area contributed by atoms with Gasteiger partial charge in [-0.05, 0) is 6.92 Å². The van der Waals surface area contributed by atoms with Crippen LogP contribution in [0.2, 0.25) is 0 Å². The molecule has 3 heterocycles. The number of β-lactam (4-membered cyclic amide) rings is 1. The topological polar surface area (TPSA) is 174 Å². The number of carbonyl (C=O) groups excluding carboxylic acids is 3. The van der Waals surface area contributed by atoms with Gasteiger partial charge in [-0.25, -0.2) is 9.78 Å². The molecule has 2 amide bonds. The Morgan fingerprint density at radius 2 is 2.13 bits per heavy atom. The number of hydrogen-bond acceptors (Lipinski definition) is 11. The van der Waals surface area contributed by atoms with Crippen LogP contribution in [0.4, 0.5) is 5.13 Å². The monoisotopic (exact) mass is 469 g/mol. The van der Waals surface area contributed by atoms with Gasteiger partial charge in [-0.15, -0.1) is 23.1 Å². The molecule has 12 nitrogen and oxygen atoms in total. The van der Waals surface area contributed by atoms with Crippen molar-refractivity contribution in [3.8, 4) is 0 Å². The molecule has 3 rings (SSSR count). The van der Waals surface area contributed by atoms with Crippen molar-refractivity contribution < 1.29 is 33.9 Å².